The van der Waals surface area contributed by atoms with E-state index in [0.29, 0.717) is 34.0 Å². The number of hydrogen-bond acceptors (Lipinski definition) is 8. The van der Waals surface area contributed by atoms with Crippen LogP contribution in [-0.4, -0.2) is 33.1 Å². The largest absolute Gasteiger partial charge is 0.287 e. The zero-order chi connectivity index (χ0) is 47.7. The van der Waals surface area contributed by atoms with Crippen LogP contribution in [0.2, 0.25) is 0 Å². The molecule has 0 amide bonds. The first-order chi connectivity index (χ1) is 32.6. The summed E-state index contributed by atoms with van der Waals surface area (Å²) in [6.07, 6.45) is 16.2. The number of benzene rings is 4. The fraction of sp³-hybridized carbons (Fsp3) is 0.167. The van der Waals surface area contributed by atoms with E-state index < -0.39 is 0 Å². The minimum atomic E-state index is -0.0324. The van der Waals surface area contributed by atoms with Gasteiger partial charge >= 0.3 is 0 Å². The zero-order valence-electron chi connectivity index (χ0n) is 39.3. The molecule has 5 aliphatic heterocycles. The third kappa shape index (κ3) is 10.1. The van der Waals surface area contributed by atoms with Crippen LogP contribution in [0.5, 0.6) is 0 Å². The Morgan fingerprint density at radius 3 is 1.06 bits per heavy atom. The summed E-state index contributed by atoms with van der Waals surface area (Å²) < 4.78 is 0. The first-order valence-electron chi connectivity index (χ1n) is 22.4. The van der Waals surface area contributed by atoms with Crippen LogP contribution in [0.25, 0.3) is 11.1 Å². The first-order valence-corrected chi connectivity index (χ1v) is 24.1. The molecule has 0 N–H and O–H groups in total. The van der Waals surface area contributed by atoms with Gasteiger partial charge in [0.2, 0.25) is 0 Å². The quantitative estimate of drug-likeness (QED) is 0.151. The zero-order valence-corrected chi connectivity index (χ0v) is 40.9. The van der Waals surface area contributed by atoms with Crippen molar-refractivity contribution in [1.82, 2.24) is 0 Å². The molecule has 4 aromatic rings. The minimum Gasteiger partial charge on any atom is -0.287 e. The van der Waals surface area contributed by atoms with E-state index in [1.165, 1.54) is 34.7 Å². The highest BCUT2D eigenvalue weighted by Crippen LogP contribution is 2.37. The van der Waals surface area contributed by atoms with Crippen LogP contribution in [-0.2, 0) is 20.4 Å². The number of fused-ring (bicyclic) bond motifs is 4. The second-order valence-electron chi connectivity index (χ2n) is 18.8. The van der Waals surface area contributed by atoms with Crippen molar-refractivity contribution in [3.63, 3.8) is 0 Å². The maximum atomic E-state index is 11.8. The van der Waals surface area contributed by atoms with E-state index >= 15 is 0 Å². The van der Waals surface area contributed by atoms with Crippen LogP contribution in [0.3, 0.4) is 0 Å². The molecule has 68 heavy (non-hydrogen) atoms. The Morgan fingerprint density at radius 2 is 0.721 bits per heavy atom. The van der Waals surface area contributed by atoms with Gasteiger partial charge in [-0.25, -0.2) is 20.0 Å². The van der Waals surface area contributed by atoms with Crippen molar-refractivity contribution in [2.45, 2.75) is 76.0 Å². The van der Waals surface area contributed by atoms with Crippen molar-refractivity contribution in [2.75, 3.05) is 0 Å². The number of rotatable bonds is 4. The Bertz CT molecular complexity index is 3110. The second-order valence-corrected chi connectivity index (χ2v) is 21.3. The van der Waals surface area contributed by atoms with Crippen molar-refractivity contribution < 1.29 is 9.59 Å². The summed E-state index contributed by atoms with van der Waals surface area (Å²) in [5, 5.41) is 0.0597. The van der Waals surface area contributed by atoms with Gasteiger partial charge in [0.15, 0.2) is 10.2 Å². The van der Waals surface area contributed by atoms with Gasteiger partial charge < -0.3 is 0 Å². The van der Waals surface area contributed by atoms with Gasteiger partial charge in [-0.2, -0.15) is 0 Å². The lowest BCUT2D eigenvalue weighted by molar-refractivity contribution is -0.109. The molecular formula is C60H48N4O2S2. The van der Waals surface area contributed by atoms with Gasteiger partial charge in [-0.15, -0.1) is 0 Å². The van der Waals surface area contributed by atoms with E-state index in [-0.39, 0.29) is 21.1 Å². The highest BCUT2D eigenvalue weighted by molar-refractivity contribution is 8.13. The Labute approximate surface area is 407 Å². The molecule has 5 aliphatic rings. The van der Waals surface area contributed by atoms with E-state index in [1.807, 2.05) is 97.1 Å². The average Bonchev–Trinajstić information content (AvgIpc) is 4.15. The van der Waals surface area contributed by atoms with E-state index in [0.717, 1.165) is 66.0 Å². The third-order valence-electron chi connectivity index (χ3n) is 11.6. The number of thioether (sulfide) groups is 2. The van der Waals surface area contributed by atoms with Crippen molar-refractivity contribution in [2.24, 2.45) is 20.0 Å². The molecule has 0 atom stereocenters. The van der Waals surface area contributed by atoms with Crippen molar-refractivity contribution in [3.8, 4) is 23.7 Å². The van der Waals surface area contributed by atoms with Crippen LogP contribution in [0, 0.1) is 23.7 Å². The predicted molar refractivity (Wildman–Crippen MR) is 284 cm³/mol. The summed E-state index contributed by atoms with van der Waals surface area (Å²) >= 11 is 2.39. The lowest BCUT2D eigenvalue weighted by atomic mass is 9.85. The monoisotopic (exact) mass is 920 g/mol. The van der Waals surface area contributed by atoms with Gasteiger partial charge in [0, 0.05) is 45.9 Å². The highest BCUT2D eigenvalue weighted by Gasteiger charge is 2.27. The summed E-state index contributed by atoms with van der Waals surface area (Å²) in [6.45, 7) is 16.4. The average molecular weight is 921 g/mol. The fourth-order valence-corrected chi connectivity index (χ4v) is 9.23. The van der Waals surface area contributed by atoms with Crippen molar-refractivity contribution >= 4 is 67.7 Å². The summed E-state index contributed by atoms with van der Waals surface area (Å²) in [6, 6.07) is 32.7. The minimum absolute atomic E-state index is 0.0298. The Kier molecular flexibility index (Phi) is 12.6. The van der Waals surface area contributed by atoms with Crippen LogP contribution < -0.4 is 0 Å². The molecule has 8 heteroatoms. The van der Waals surface area contributed by atoms with E-state index in [2.05, 4.69) is 114 Å². The van der Waals surface area contributed by atoms with E-state index in [4.69, 9.17) is 20.0 Å². The Hall–Kier alpha value is -7.36. The molecule has 5 heterocycles. The second kappa shape index (κ2) is 18.7. The molecule has 0 spiro atoms. The standard InChI is InChI=1S/C60H48N4O2S2/c1-37(65)67-45-23-9-39(10-24-45)13-27-47-49-29-33-53(61-49)57(41-15-19-43(20-16-41)59(3,4)5)55-35-31-51(63-55)48(28-14-40-11-25-46(26-12-40)68-38(2)66)52-32-36-56(64-52)58(54-34-30-50(47)62-54)42-17-21-44(22-18-42)60(6,7)8/h9-12,15-26,29-36H,1-8H3. The Balaban J connectivity index is 1.28. The number of carbonyl (C=O) groups excluding carboxylic acids is 2. The molecule has 0 fully saturated rings. The van der Waals surface area contributed by atoms with Crippen LogP contribution in [0.4, 0.5) is 0 Å². The number of carbonyl (C=O) groups is 2. The molecule has 0 saturated heterocycles. The molecule has 0 radical (unpaired) electrons. The maximum Gasteiger partial charge on any atom is 0.190 e. The third-order valence-corrected chi connectivity index (χ3v) is 13.2. The van der Waals surface area contributed by atoms with Crippen LogP contribution in [0.1, 0.15) is 88.8 Å². The van der Waals surface area contributed by atoms with E-state index in [9.17, 15) is 9.59 Å². The van der Waals surface area contributed by atoms with Gasteiger partial charge in [-0.3, -0.25) is 9.59 Å². The maximum absolute atomic E-state index is 11.8. The summed E-state index contributed by atoms with van der Waals surface area (Å²) in [5.41, 5.74) is 14.7. The fourth-order valence-electron chi connectivity index (χ4n) is 8.02. The molecule has 0 aromatic heterocycles. The molecule has 332 valence electrons. The molecule has 0 saturated carbocycles. The predicted octanol–water partition coefficient (Wildman–Crippen LogP) is 13.3. The summed E-state index contributed by atoms with van der Waals surface area (Å²) in [5.74, 6) is 13.7. The molecule has 6 nitrogen and oxygen atoms in total. The normalized spacial score (nSPS) is 16.1. The first kappa shape index (κ1) is 45.8. The number of hydrogen-bond donors (Lipinski definition) is 0. The molecule has 0 unspecified atom stereocenters. The number of aliphatic imine (C=N–C) groups is 4. The summed E-state index contributed by atoms with van der Waals surface area (Å²) in [4.78, 5) is 46.7. The SMILES string of the molecule is CC(=O)Sc1ccc(C#CC2=C3C=CC(=N3)C(c3ccc(C(C)(C)C)cc3)=C3C=CC(=N3)C(C#Cc3ccc(SC(C)=O)cc3)=C3C=CC(=N3)C(c3ccc(C(C)(C)C)cc3)=C3C=CC2=N3)cc1. The molecule has 9 rings (SSSR count). The topological polar surface area (TPSA) is 83.6 Å². The molecule has 4 aromatic carbocycles. The lowest BCUT2D eigenvalue weighted by Gasteiger charge is -2.19. The van der Waals surface area contributed by atoms with Gasteiger partial charge in [-0.1, -0.05) is 137 Å². The van der Waals surface area contributed by atoms with Crippen LogP contribution >= 0.6 is 23.5 Å². The van der Waals surface area contributed by atoms with Crippen LogP contribution in [0.15, 0.2) is 209 Å². The number of allylic oxidation sites excluding steroid dienone is 12. The highest BCUT2D eigenvalue weighted by atomic mass is 32.2. The lowest BCUT2D eigenvalue weighted by Crippen LogP contribution is -2.11. The van der Waals surface area contributed by atoms with E-state index in [1.54, 1.807) is 13.8 Å². The van der Waals surface area contributed by atoms with Gasteiger partial charge in [-0.05, 0) is 130 Å². The van der Waals surface area contributed by atoms with Crippen molar-refractivity contribution in [1.29, 1.82) is 0 Å². The van der Waals surface area contributed by atoms with Gasteiger partial charge in [0.05, 0.1) is 56.8 Å². The van der Waals surface area contributed by atoms with Gasteiger partial charge in [0.1, 0.15) is 0 Å². The van der Waals surface area contributed by atoms with Gasteiger partial charge in [0.25, 0.3) is 0 Å². The Morgan fingerprint density at radius 1 is 0.397 bits per heavy atom. The smallest absolute Gasteiger partial charge is 0.190 e. The number of nitrogens with zero attached hydrogens (tertiary/aromatic N) is 4. The molecule has 8 bridgehead atoms. The summed E-state index contributed by atoms with van der Waals surface area (Å²) in [7, 11) is 0. The molecule has 0 aliphatic carbocycles. The molecular weight excluding hydrogens is 873 g/mol. The van der Waals surface area contributed by atoms with Crippen molar-refractivity contribution in [3.05, 3.63) is 213 Å².